The Bertz CT molecular complexity index is 686. The van der Waals surface area contributed by atoms with Crippen LogP contribution >= 0.6 is 0 Å². The van der Waals surface area contributed by atoms with Gasteiger partial charge >= 0.3 is 0 Å². The third kappa shape index (κ3) is 3.31. The summed E-state index contributed by atoms with van der Waals surface area (Å²) in [5, 5.41) is 23.5. The molecule has 0 aromatic heterocycles. The van der Waals surface area contributed by atoms with E-state index in [-0.39, 0.29) is 17.1 Å². The molecule has 0 amide bonds. The molecule has 1 aliphatic heterocycles. The summed E-state index contributed by atoms with van der Waals surface area (Å²) in [6.45, 7) is 7.38. The van der Waals surface area contributed by atoms with Crippen LogP contribution in [-0.4, -0.2) is 38.2 Å². The molecular weight excluding hydrogens is 348 g/mol. The maximum Gasteiger partial charge on any atom is 0.257 e. The molecule has 0 unspecified atom stereocenters. The fourth-order valence-corrected chi connectivity index (χ4v) is 2.35. The van der Waals surface area contributed by atoms with Crippen LogP contribution in [0.4, 0.5) is 0 Å². The minimum atomic E-state index is -0.672. The number of hydrogen-bond acceptors (Lipinski definition) is 4. The van der Waals surface area contributed by atoms with Crippen molar-refractivity contribution in [2.24, 2.45) is 0 Å². The predicted molar refractivity (Wildman–Crippen MR) is 89.0 cm³/mol. The summed E-state index contributed by atoms with van der Waals surface area (Å²) in [5.74, 6) is 0.319. The van der Waals surface area contributed by atoms with Crippen LogP contribution in [0.3, 0.4) is 0 Å². The van der Waals surface area contributed by atoms with Gasteiger partial charge < -0.3 is 39.8 Å². The van der Waals surface area contributed by atoms with Gasteiger partial charge in [-0.3, -0.25) is 11.0 Å². The third-order valence-corrected chi connectivity index (χ3v) is 4.67. The zero-order valence-electron chi connectivity index (χ0n) is 14.2. The first-order valence-corrected chi connectivity index (χ1v) is 7.46. The monoisotopic (exact) mass is 370 g/mol. The quantitative estimate of drug-likeness (QED) is 0.290. The Hall–Kier alpha value is -1.88. The first-order valence-electron chi connectivity index (χ1n) is 7.46. The summed E-state index contributed by atoms with van der Waals surface area (Å²) in [6.07, 6.45) is 0.833. The van der Waals surface area contributed by atoms with E-state index in [1.807, 2.05) is 64.1 Å². The van der Waals surface area contributed by atoms with Crippen molar-refractivity contribution in [1.29, 1.82) is 0 Å². The van der Waals surface area contributed by atoms with Crippen molar-refractivity contribution in [2.45, 2.75) is 38.8 Å². The van der Waals surface area contributed by atoms with E-state index in [4.69, 9.17) is 0 Å². The van der Waals surface area contributed by atoms with Crippen molar-refractivity contribution in [2.75, 3.05) is 0 Å². The fourth-order valence-electron chi connectivity index (χ4n) is 2.35. The number of amidine groups is 1. The van der Waals surface area contributed by atoms with Gasteiger partial charge in [0, 0.05) is 17.1 Å². The van der Waals surface area contributed by atoms with Crippen molar-refractivity contribution >= 4 is 12.1 Å². The van der Waals surface area contributed by atoms with Gasteiger partial charge in [-0.05, 0) is 33.3 Å². The van der Waals surface area contributed by atoms with Gasteiger partial charge in [0.2, 0.25) is 0 Å². The van der Waals surface area contributed by atoms with Gasteiger partial charge in [0.25, 0.3) is 5.84 Å². The third-order valence-electron chi connectivity index (χ3n) is 4.67. The summed E-state index contributed by atoms with van der Waals surface area (Å²) in [6, 6.07) is 14.6. The molecule has 2 aromatic carbocycles. The summed E-state index contributed by atoms with van der Waals surface area (Å²) in [7, 11) is 0. The minimum absolute atomic E-state index is 0. The Morgan fingerprint density at radius 3 is 2.04 bits per heavy atom. The molecule has 0 spiro atoms. The van der Waals surface area contributed by atoms with Crippen LogP contribution < -0.4 is 0 Å². The number of nitrogens with zero attached hydrogens (tertiary/aromatic N) is 2. The Morgan fingerprint density at radius 2 is 1.71 bits per heavy atom. The summed E-state index contributed by atoms with van der Waals surface area (Å²) >= 11 is 0. The van der Waals surface area contributed by atoms with E-state index in [0.29, 0.717) is 5.84 Å². The molecule has 0 fully saturated rings. The number of carbonyl (C=O) groups is 1. The maximum atomic E-state index is 12.2. The van der Waals surface area contributed by atoms with Crippen LogP contribution in [-0.2, 0) is 17.1 Å². The second kappa shape index (κ2) is 7.34. The molecule has 5 nitrogen and oxygen atoms in total. The van der Waals surface area contributed by atoms with Gasteiger partial charge in [0.15, 0.2) is 5.54 Å². The summed E-state index contributed by atoms with van der Waals surface area (Å²) < 4.78 is 0.891. The van der Waals surface area contributed by atoms with Crippen LogP contribution in [0.1, 0.15) is 43.6 Å². The molecule has 0 radical (unpaired) electrons. The van der Waals surface area contributed by atoms with E-state index in [9.17, 15) is 15.2 Å². The van der Waals surface area contributed by atoms with Crippen LogP contribution in [0, 0.1) is 5.21 Å². The van der Waals surface area contributed by atoms with Crippen molar-refractivity contribution in [3.63, 3.8) is 0 Å². The molecular formula is C18H22FeN2O3-6. The second-order valence-corrected chi connectivity index (χ2v) is 6.56. The van der Waals surface area contributed by atoms with E-state index < -0.39 is 11.1 Å². The average Bonchev–Trinajstić information content (AvgIpc) is 3.22. The number of carbonyl (C=O) groups excluding carboxylic acids is 1. The molecule has 2 aromatic rings. The van der Waals surface area contributed by atoms with E-state index >= 15 is 0 Å². The first-order chi connectivity index (χ1) is 10.7. The Kier molecular flexibility index (Phi) is 6.17. The standard InChI is InChI=1S/C12H17N2O2.C6H5O.Fe/c1-11(2)12(3,4)14(16)10(13(11)15)9-7-5-6-8-9;7-5-6-3-1-2-4-6;/h5-8,15H,1-4H3;1-5H;/q-1;-5;. The molecule has 0 saturated heterocycles. The molecule has 6 heteroatoms. The molecule has 136 valence electrons. The summed E-state index contributed by atoms with van der Waals surface area (Å²) in [5.41, 5.74) is 0.201. The molecule has 3 rings (SSSR count). The van der Waals surface area contributed by atoms with Crippen LogP contribution in [0.5, 0.6) is 0 Å². The van der Waals surface area contributed by atoms with Crippen molar-refractivity contribution in [3.8, 4) is 0 Å². The molecule has 1 heterocycles. The molecule has 0 bridgehead atoms. The average molecular weight is 370 g/mol. The van der Waals surface area contributed by atoms with E-state index in [0.717, 1.165) is 27.2 Å². The zero-order chi connectivity index (χ0) is 17.3. The topological polar surface area (TPSA) is 66.6 Å². The van der Waals surface area contributed by atoms with Gasteiger partial charge in [-0.25, -0.2) is 17.3 Å². The molecule has 0 aliphatic carbocycles. The van der Waals surface area contributed by atoms with Crippen molar-refractivity contribution in [3.05, 3.63) is 64.9 Å². The van der Waals surface area contributed by atoms with Gasteiger partial charge in [0.1, 0.15) is 5.54 Å². The van der Waals surface area contributed by atoms with Gasteiger partial charge in [0.05, 0.1) is 0 Å². The Balaban J connectivity index is 0.000000304. The first kappa shape index (κ1) is 20.2. The summed E-state index contributed by atoms with van der Waals surface area (Å²) in [4.78, 5) is 9.87. The number of aldehydes is 1. The Labute approximate surface area is 153 Å². The van der Waals surface area contributed by atoms with E-state index in [1.165, 1.54) is 0 Å². The number of rotatable bonds is 2. The predicted octanol–water partition coefficient (Wildman–Crippen LogP) is 3.14. The molecule has 0 saturated carbocycles. The second-order valence-electron chi connectivity index (χ2n) is 6.56. The zero-order valence-corrected chi connectivity index (χ0v) is 15.3. The van der Waals surface area contributed by atoms with Crippen molar-refractivity contribution in [1.82, 2.24) is 5.06 Å². The number of hydrogen-bond donors (Lipinski definition) is 1. The maximum absolute atomic E-state index is 12.2. The van der Waals surface area contributed by atoms with Crippen LogP contribution in [0.2, 0.25) is 0 Å². The van der Waals surface area contributed by atoms with Crippen LogP contribution in [0.25, 0.3) is 0 Å². The van der Waals surface area contributed by atoms with Gasteiger partial charge in [-0.15, -0.1) is 5.06 Å². The Morgan fingerprint density at radius 1 is 1.21 bits per heavy atom. The normalized spacial score (nSPS) is 17.8. The largest absolute Gasteiger partial charge is 0.721 e. The van der Waals surface area contributed by atoms with Gasteiger partial charge in [-0.2, -0.15) is 12.1 Å². The number of hydroxylamine groups is 3. The SMILES string of the molecule is CC1(C)N(O)C([c-]2cccc2)=[N+]([O-])C1(C)C.O=C[c-]1[cH-][cH-][cH-][cH-]1.[Fe]. The molecule has 1 aliphatic rings. The molecule has 24 heavy (non-hydrogen) atoms. The minimum Gasteiger partial charge on any atom is -0.721 e. The fraction of sp³-hybridized carbons (Fsp3) is 0.333. The van der Waals surface area contributed by atoms with Crippen LogP contribution in [0.15, 0.2) is 48.5 Å². The van der Waals surface area contributed by atoms with E-state index in [1.54, 1.807) is 12.1 Å². The molecule has 1 N–H and O–H groups in total. The van der Waals surface area contributed by atoms with Gasteiger partial charge in [-0.1, -0.05) is 0 Å². The van der Waals surface area contributed by atoms with Crippen molar-refractivity contribution < 1.29 is 31.8 Å². The smallest absolute Gasteiger partial charge is 0.257 e. The van der Waals surface area contributed by atoms with E-state index in [2.05, 4.69) is 0 Å². The molecule has 0 atom stereocenters.